The second-order valence-corrected chi connectivity index (χ2v) is 6.14. The quantitative estimate of drug-likeness (QED) is 0.666. The molecule has 1 aliphatic heterocycles. The van der Waals surface area contributed by atoms with E-state index in [1.807, 2.05) is 12.1 Å². The van der Waals surface area contributed by atoms with Crippen LogP contribution in [0.1, 0.15) is 37.7 Å². The molecular weight excluding hydrogens is 253 g/mol. The normalized spacial score (nSPS) is 30.4. The molecule has 2 N–H and O–H groups in total. The lowest BCUT2D eigenvalue weighted by Gasteiger charge is -2.31. The van der Waals surface area contributed by atoms with Crippen molar-refractivity contribution in [2.45, 2.75) is 38.1 Å². The minimum Gasteiger partial charge on any atom is -0.370 e. The minimum atomic E-state index is -0.184. The molecule has 3 rings (SSSR count). The Balaban J connectivity index is 1.61. The summed E-state index contributed by atoms with van der Waals surface area (Å²) < 4.78 is 12.9. The van der Waals surface area contributed by atoms with E-state index in [4.69, 9.17) is 5.73 Å². The second-order valence-electron chi connectivity index (χ2n) is 6.14. The standard InChI is InChI=1S/C16H22FN3/c1-11-3-2-8-20(10-11)16(18)19-15-9-14(15)12-4-6-13(17)7-5-12/h4-7,11,14-15H,2-3,8-10H2,1H3,(H2,18,19)/t11?,14-,15+/m0/s1. The number of nitrogens with zero attached hydrogens (tertiary/aromatic N) is 2. The maximum Gasteiger partial charge on any atom is 0.191 e. The van der Waals surface area contributed by atoms with Gasteiger partial charge in [-0.2, -0.15) is 0 Å². The van der Waals surface area contributed by atoms with Gasteiger partial charge in [-0.15, -0.1) is 0 Å². The smallest absolute Gasteiger partial charge is 0.191 e. The van der Waals surface area contributed by atoms with Crippen molar-refractivity contribution in [2.75, 3.05) is 13.1 Å². The molecule has 4 heteroatoms. The summed E-state index contributed by atoms with van der Waals surface area (Å²) in [5.41, 5.74) is 7.30. The summed E-state index contributed by atoms with van der Waals surface area (Å²) in [6, 6.07) is 7.02. The Morgan fingerprint density at radius 3 is 2.80 bits per heavy atom. The molecule has 1 aromatic rings. The van der Waals surface area contributed by atoms with Gasteiger partial charge in [0.15, 0.2) is 5.96 Å². The van der Waals surface area contributed by atoms with Gasteiger partial charge in [-0.05, 0) is 42.9 Å². The lowest BCUT2D eigenvalue weighted by Crippen LogP contribution is -2.43. The molecule has 1 aliphatic carbocycles. The van der Waals surface area contributed by atoms with Crippen LogP contribution >= 0.6 is 0 Å². The molecule has 0 aromatic heterocycles. The van der Waals surface area contributed by atoms with E-state index in [0.717, 1.165) is 19.5 Å². The van der Waals surface area contributed by atoms with Crippen molar-refractivity contribution in [3.63, 3.8) is 0 Å². The Bertz CT molecular complexity index is 497. The Morgan fingerprint density at radius 2 is 2.10 bits per heavy atom. The van der Waals surface area contributed by atoms with E-state index in [1.165, 1.54) is 30.5 Å². The molecule has 0 radical (unpaired) electrons. The number of halogens is 1. The summed E-state index contributed by atoms with van der Waals surface area (Å²) in [5, 5.41) is 0. The molecule has 2 fully saturated rings. The fraction of sp³-hybridized carbons (Fsp3) is 0.562. The highest BCUT2D eigenvalue weighted by atomic mass is 19.1. The molecular formula is C16H22FN3. The Hall–Kier alpha value is -1.58. The lowest BCUT2D eigenvalue weighted by molar-refractivity contribution is 0.270. The third-order valence-electron chi connectivity index (χ3n) is 4.33. The molecule has 3 atom stereocenters. The van der Waals surface area contributed by atoms with Crippen LogP contribution in [0.5, 0.6) is 0 Å². The summed E-state index contributed by atoms with van der Waals surface area (Å²) in [7, 11) is 0. The van der Waals surface area contributed by atoms with Gasteiger partial charge in [-0.3, -0.25) is 0 Å². The highest BCUT2D eigenvalue weighted by Crippen LogP contribution is 2.43. The number of piperidine rings is 1. The molecule has 1 saturated heterocycles. The van der Waals surface area contributed by atoms with Gasteiger partial charge in [-0.25, -0.2) is 9.38 Å². The van der Waals surface area contributed by atoms with Gasteiger partial charge in [0.25, 0.3) is 0 Å². The van der Waals surface area contributed by atoms with Crippen LogP contribution in [0.25, 0.3) is 0 Å². The number of nitrogens with two attached hydrogens (primary N) is 1. The average Bonchev–Trinajstić information content (AvgIpc) is 3.19. The van der Waals surface area contributed by atoms with Crippen molar-refractivity contribution in [2.24, 2.45) is 16.6 Å². The van der Waals surface area contributed by atoms with Crippen molar-refractivity contribution in [1.29, 1.82) is 0 Å². The number of benzene rings is 1. The number of rotatable bonds is 2. The number of likely N-dealkylation sites (tertiary alicyclic amines) is 1. The minimum absolute atomic E-state index is 0.184. The predicted molar refractivity (Wildman–Crippen MR) is 79.1 cm³/mol. The summed E-state index contributed by atoms with van der Waals surface area (Å²) >= 11 is 0. The van der Waals surface area contributed by atoms with Gasteiger partial charge in [0.1, 0.15) is 5.82 Å². The zero-order valence-corrected chi connectivity index (χ0v) is 11.9. The van der Waals surface area contributed by atoms with Crippen LogP contribution in [0.4, 0.5) is 4.39 Å². The first-order chi connectivity index (χ1) is 9.63. The molecule has 1 unspecified atom stereocenters. The summed E-state index contributed by atoms with van der Waals surface area (Å²) in [4.78, 5) is 6.86. The number of aliphatic imine (C=N–C) groups is 1. The zero-order chi connectivity index (χ0) is 14.1. The predicted octanol–water partition coefficient (Wildman–Crippen LogP) is 2.73. The van der Waals surface area contributed by atoms with Gasteiger partial charge in [-0.1, -0.05) is 19.1 Å². The summed E-state index contributed by atoms with van der Waals surface area (Å²) in [6.45, 7) is 4.30. The van der Waals surface area contributed by atoms with Crippen molar-refractivity contribution < 1.29 is 4.39 Å². The first-order valence-corrected chi connectivity index (χ1v) is 7.47. The maximum atomic E-state index is 12.9. The van der Waals surface area contributed by atoms with Crippen LogP contribution in [0.15, 0.2) is 29.3 Å². The molecule has 1 aromatic carbocycles. The van der Waals surface area contributed by atoms with Gasteiger partial charge >= 0.3 is 0 Å². The molecule has 1 heterocycles. The molecule has 2 aliphatic rings. The second kappa shape index (κ2) is 5.43. The fourth-order valence-electron chi connectivity index (χ4n) is 3.04. The Kier molecular flexibility index (Phi) is 3.64. The van der Waals surface area contributed by atoms with Crippen molar-refractivity contribution in [3.8, 4) is 0 Å². The summed E-state index contributed by atoms with van der Waals surface area (Å²) in [6.07, 6.45) is 3.50. The third kappa shape index (κ3) is 2.94. The highest BCUT2D eigenvalue weighted by Gasteiger charge is 2.39. The van der Waals surface area contributed by atoms with Crippen molar-refractivity contribution >= 4 is 5.96 Å². The molecule has 1 saturated carbocycles. The number of hydrogen-bond acceptors (Lipinski definition) is 1. The van der Waals surface area contributed by atoms with Crippen LogP contribution in [-0.2, 0) is 0 Å². The van der Waals surface area contributed by atoms with Gasteiger partial charge in [0.2, 0.25) is 0 Å². The summed E-state index contributed by atoms with van der Waals surface area (Å²) in [5.74, 6) is 1.61. The number of hydrogen-bond donors (Lipinski definition) is 1. The molecule has 20 heavy (non-hydrogen) atoms. The van der Waals surface area contributed by atoms with E-state index in [2.05, 4.69) is 16.8 Å². The topological polar surface area (TPSA) is 41.6 Å². The van der Waals surface area contributed by atoms with Crippen LogP contribution < -0.4 is 5.73 Å². The van der Waals surface area contributed by atoms with Crippen LogP contribution in [0.2, 0.25) is 0 Å². The van der Waals surface area contributed by atoms with Gasteiger partial charge in [0, 0.05) is 19.0 Å². The van der Waals surface area contributed by atoms with Crippen LogP contribution in [-0.4, -0.2) is 30.0 Å². The van der Waals surface area contributed by atoms with Crippen molar-refractivity contribution in [3.05, 3.63) is 35.6 Å². The van der Waals surface area contributed by atoms with E-state index in [0.29, 0.717) is 17.8 Å². The highest BCUT2D eigenvalue weighted by molar-refractivity contribution is 5.78. The zero-order valence-electron chi connectivity index (χ0n) is 11.9. The maximum absolute atomic E-state index is 12.9. The number of guanidine groups is 1. The van der Waals surface area contributed by atoms with Gasteiger partial charge in [0.05, 0.1) is 6.04 Å². The molecule has 0 spiro atoms. The van der Waals surface area contributed by atoms with E-state index < -0.39 is 0 Å². The Labute approximate surface area is 119 Å². The first kappa shape index (κ1) is 13.4. The molecule has 3 nitrogen and oxygen atoms in total. The Morgan fingerprint density at radius 1 is 1.35 bits per heavy atom. The largest absolute Gasteiger partial charge is 0.370 e. The fourth-order valence-corrected chi connectivity index (χ4v) is 3.04. The van der Waals surface area contributed by atoms with Crippen LogP contribution in [0, 0.1) is 11.7 Å². The van der Waals surface area contributed by atoms with Gasteiger partial charge < -0.3 is 10.6 Å². The van der Waals surface area contributed by atoms with E-state index in [9.17, 15) is 4.39 Å². The molecule has 0 amide bonds. The van der Waals surface area contributed by atoms with E-state index in [-0.39, 0.29) is 11.9 Å². The van der Waals surface area contributed by atoms with Crippen molar-refractivity contribution in [1.82, 2.24) is 4.90 Å². The SMILES string of the molecule is CC1CCCN(C(N)=N[C@@H]2C[C@H]2c2ccc(F)cc2)C1. The van der Waals surface area contributed by atoms with E-state index >= 15 is 0 Å². The first-order valence-electron chi connectivity index (χ1n) is 7.47. The lowest BCUT2D eigenvalue weighted by atomic mass is 10.0. The third-order valence-corrected chi connectivity index (χ3v) is 4.33. The molecule has 108 valence electrons. The average molecular weight is 275 g/mol. The molecule has 0 bridgehead atoms. The van der Waals surface area contributed by atoms with E-state index in [1.54, 1.807) is 0 Å². The van der Waals surface area contributed by atoms with Crippen LogP contribution in [0.3, 0.4) is 0 Å². The monoisotopic (exact) mass is 275 g/mol.